The predicted octanol–water partition coefficient (Wildman–Crippen LogP) is 5.33. The Bertz CT molecular complexity index is 813. The monoisotopic (exact) mass is 421 g/mol. The molecule has 1 fully saturated rings. The van der Waals surface area contributed by atoms with Gasteiger partial charge in [-0.15, -0.1) is 6.42 Å². The second kappa shape index (κ2) is 9.07. The fraction of sp³-hybridized carbons (Fsp3) is 0.462. The van der Waals surface area contributed by atoms with Crippen LogP contribution < -0.4 is 5.32 Å². The summed E-state index contributed by atoms with van der Waals surface area (Å²) in [5.41, 5.74) is 1.76. The minimum absolute atomic E-state index is 0.0826. The molecule has 1 saturated heterocycles. The molecular formula is C26H35NO2Si. The van der Waals surface area contributed by atoms with Gasteiger partial charge in [0, 0.05) is 12.6 Å². The van der Waals surface area contributed by atoms with Crippen molar-refractivity contribution in [2.75, 3.05) is 13.2 Å². The SMILES string of the molecule is C#CCO[C@@H]1CN[C@H](C(O[Si](C)(C)C(C)(C)C)(c2ccccc2)c2ccccc2)C1. The van der Waals surface area contributed by atoms with Crippen molar-refractivity contribution in [2.45, 2.75) is 63.1 Å². The minimum atomic E-state index is -2.13. The van der Waals surface area contributed by atoms with Crippen molar-refractivity contribution in [3.8, 4) is 12.3 Å². The van der Waals surface area contributed by atoms with Gasteiger partial charge in [0.2, 0.25) is 0 Å². The second-order valence-corrected chi connectivity index (χ2v) is 14.4. The van der Waals surface area contributed by atoms with Gasteiger partial charge in [-0.1, -0.05) is 87.4 Å². The van der Waals surface area contributed by atoms with E-state index in [0.29, 0.717) is 6.61 Å². The molecule has 30 heavy (non-hydrogen) atoms. The Morgan fingerprint density at radius 3 is 2.00 bits per heavy atom. The first-order valence-corrected chi connectivity index (χ1v) is 13.7. The zero-order chi connectivity index (χ0) is 21.8. The molecule has 2 aromatic rings. The normalized spacial score (nSPS) is 20.1. The molecule has 1 aliphatic heterocycles. The van der Waals surface area contributed by atoms with Crippen molar-refractivity contribution in [3.05, 3.63) is 71.8 Å². The van der Waals surface area contributed by atoms with Gasteiger partial charge in [0.05, 0.1) is 6.10 Å². The summed E-state index contributed by atoms with van der Waals surface area (Å²) in [7, 11) is -2.13. The Hall–Kier alpha value is -1.90. The topological polar surface area (TPSA) is 30.5 Å². The average molecular weight is 422 g/mol. The second-order valence-electron chi connectivity index (χ2n) is 9.66. The smallest absolute Gasteiger partial charge is 0.193 e. The zero-order valence-corrected chi connectivity index (χ0v) is 19.9. The molecule has 1 heterocycles. The van der Waals surface area contributed by atoms with Crippen LogP contribution in [0.2, 0.25) is 18.1 Å². The zero-order valence-electron chi connectivity index (χ0n) is 18.9. The van der Waals surface area contributed by atoms with Gasteiger partial charge in [-0.3, -0.25) is 0 Å². The number of hydrogen-bond acceptors (Lipinski definition) is 3. The number of rotatable bonds is 7. The third-order valence-electron chi connectivity index (χ3n) is 6.61. The van der Waals surface area contributed by atoms with Crippen LogP contribution in [0.1, 0.15) is 38.3 Å². The van der Waals surface area contributed by atoms with E-state index in [1.807, 2.05) is 0 Å². The minimum Gasteiger partial charge on any atom is -0.402 e. The Morgan fingerprint density at radius 1 is 1.00 bits per heavy atom. The maximum Gasteiger partial charge on any atom is 0.193 e. The van der Waals surface area contributed by atoms with E-state index in [-0.39, 0.29) is 17.2 Å². The van der Waals surface area contributed by atoms with Gasteiger partial charge in [0.25, 0.3) is 0 Å². The molecule has 4 heteroatoms. The molecule has 2 atom stereocenters. The molecule has 0 unspecified atom stereocenters. The number of terminal acetylenes is 1. The van der Waals surface area contributed by atoms with Gasteiger partial charge >= 0.3 is 0 Å². The van der Waals surface area contributed by atoms with E-state index in [4.69, 9.17) is 15.6 Å². The van der Waals surface area contributed by atoms with Crippen molar-refractivity contribution < 1.29 is 9.16 Å². The van der Waals surface area contributed by atoms with Crippen molar-refractivity contribution in [2.24, 2.45) is 0 Å². The molecule has 0 aromatic heterocycles. The van der Waals surface area contributed by atoms with Crippen molar-refractivity contribution in [1.82, 2.24) is 5.32 Å². The van der Waals surface area contributed by atoms with E-state index in [0.717, 1.165) is 13.0 Å². The fourth-order valence-corrected chi connectivity index (χ4v) is 5.48. The van der Waals surface area contributed by atoms with Gasteiger partial charge in [0.15, 0.2) is 8.32 Å². The molecule has 0 amide bonds. The van der Waals surface area contributed by atoms with Gasteiger partial charge in [0.1, 0.15) is 12.2 Å². The Balaban J connectivity index is 2.14. The lowest BCUT2D eigenvalue weighted by molar-refractivity contribution is 0.0427. The molecule has 1 N–H and O–H groups in total. The lowest BCUT2D eigenvalue weighted by atomic mass is 9.79. The highest BCUT2D eigenvalue weighted by atomic mass is 28.4. The van der Waals surface area contributed by atoms with Gasteiger partial charge < -0.3 is 14.5 Å². The van der Waals surface area contributed by atoms with Gasteiger partial charge in [-0.25, -0.2) is 0 Å². The molecular weight excluding hydrogens is 386 g/mol. The van der Waals surface area contributed by atoms with Crippen LogP contribution in [-0.4, -0.2) is 33.6 Å². The molecule has 2 aromatic carbocycles. The maximum atomic E-state index is 7.38. The summed E-state index contributed by atoms with van der Waals surface area (Å²) < 4.78 is 13.3. The largest absolute Gasteiger partial charge is 0.402 e. The van der Waals surface area contributed by atoms with Crippen LogP contribution in [0.3, 0.4) is 0 Å². The van der Waals surface area contributed by atoms with Crippen LogP contribution in [0, 0.1) is 12.3 Å². The average Bonchev–Trinajstić information content (AvgIpc) is 3.20. The van der Waals surface area contributed by atoms with Crippen LogP contribution in [0.5, 0.6) is 0 Å². The van der Waals surface area contributed by atoms with Crippen LogP contribution in [0.4, 0.5) is 0 Å². The summed E-state index contributed by atoms with van der Waals surface area (Å²) >= 11 is 0. The number of ether oxygens (including phenoxy) is 1. The first kappa shape index (κ1) is 22.8. The summed E-state index contributed by atoms with van der Waals surface area (Å²) in [6, 6.07) is 21.4. The highest BCUT2D eigenvalue weighted by molar-refractivity contribution is 6.74. The van der Waals surface area contributed by atoms with Crippen LogP contribution in [0.25, 0.3) is 0 Å². The molecule has 0 spiro atoms. The first-order chi connectivity index (χ1) is 14.2. The first-order valence-electron chi connectivity index (χ1n) is 10.8. The van der Waals surface area contributed by atoms with E-state index >= 15 is 0 Å². The standard InChI is InChI=1S/C26H35NO2Si/c1-7-18-28-23-19-24(27-20-23)26(21-14-10-8-11-15-21,22-16-12-9-13-17-22)29-30(5,6)25(2,3)4/h1,8-17,23-24,27H,18-20H2,2-6H3/t23-,24-/m0/s1. The van der Waals surface area contributed by atoms with E-state index in [1.165, 1.54) is 11.1 Å². The summed E-state index contributed by atoms with van der Waals surface area (Å²) in [6.07, 6.45) is 6.36. The lowest BCUT2D eigenvalue weighted by Gasteiger charge is -2.49. The van der Waals surface area contributed by atoms with E-state index in [2.05, 4.69) is 106 Å². The van der Waals surface area contributed by atoms with E-state index in [9.17, 15) is 0 Å². The quantitative estimate of drug-likeness (QED) is 0.484. The highest BCUT2D eigenvalue weighted by Gasteiger charge is 2.52. The number of benzene rings is 2. The fourth-order valence-electron chi connectivity index (χ4n) is 3.99. The third kappa shape index (κ3) is 4.55. The van der Waals surface area contributed by atoms with Crippen molar-refractivity contribution in [3.63, 3.8) is 0 Å². The van der Waals surface area contributed by atoms with Crippen molar-refractivity contribution >= 4 is 8.32 Å². The molecule has 0 radical (unpaired) electrons. The van der Waals surface area contributed by atoms with Gasteiger partial charge in [-0.2, -0.15) is 0 Å². The van der Waals surface area contributed by atoms with Crippen LogP contribution in [-0.2, 0) is 14.8 Å². The maximum absolute atomic E-state index is 7.38. The van der Waals surface area contributed by atoms with E-state index < -0.39 is 13.9 Å². The Labute approximate surface area is 183 Å². The van der Waals surface area contributed by atoms with Crippen LogP contribution >= 0.6 is 0 Å². The summed E-state index contributed by atoms with van der Waals surface area (Å²) in [5.74, 6) is 2.60. The molecule has 3 nitrogen and oxygen atoms in total. The number of hydrogen-bond donors (Lipinski definition) is 1. The van der Waals surface area contributed by atoms with Crippen molar-refractivity contribution in [1.29, 1.82) is 0 Å². The summed E-state index contributed by atoms with van der Waals surface area (Å²) in [5, 5.41) is 3.81. The third-order valence-corrected chi connectivity index (χ3v) is 11.1. The summed E-state index contributed by atoms with van der Waals surface area (Å²) in [4.78, 5) is 0. The van der Waals surface area contributed by atoms with Gasteiger partial charge in [-0.05, 0) is 35.7 Å². The predicted molar refractivity (Wildman–Crippen MR) is 127 cm³/mol. The molecule has 1 aliphatic rings. The highest BCUT2D eigenvalue weighted by Crippen LogP contribution is 2.47. The van der Waals surface area contributed by atoms with Crippen LogP contribution in [0.15, 0.2) is 60.7 Å². The molecule has 3 rings (SSSR count). The summed E-state index contributed by atoms with van der Waals surface area (Å²) in [6.45, 7) is 12.6. The Morgan fingerprint density at radius 2 is 1.53 bits per heavy atom. The molecule has 0 saturated carbocycles. The Kier molecular flexibility index (Phi) is 6.89. The molecule has 160 valence electrons. The number of nitrogens with one attached hydrogen (secondary N) is 1. The molecule has 0 bridgehead atoms. The van der Waals surface area contributed by atoms with E-state index in [1.54, 1.807) is 0 Å². The molecule has 0 aliphatic carbocycles. The lowest BCUT2D eigenvalue weighted by Crippen LogP contribution is -2.56.